The van der Waals surface area contributed by atoms with Crippen LogP contribution in [0.3, 0.4) is 0 Å². The molecule has 8 heteroatoms. The molecule has 1 amide bonds. The normalized spacial score (nSPS) is 10.2. The molecule has 2 rings (SSSR count). The van der Waals surface area contributed by atoms with Crippen molar-refractivity contribution in [1.82, 2.24) is 4.98 Å². The van der Waals surface area contributed by atoms with E-state index in [-0.39, 0.29) is 18.0 Å². The molecule has 0 fully saturated rings. The van der Waals surface area contributed by atoms with Crippen molar-refractivity contribution >= 4 is 40.5 Å². The Balaban J connectivity index is 2.07. The van der Waals surface area contributed by atoms with Crippen LogP contribution in [-0.2, 0) is 11.2 Å². The number of aromatic carboxylic acids is 1. The number of amides is 1. The molecule has 21 heavy (non-hydrogen) atoms. The van der Waals surface area contributed by atoms with Crippen molar-refractivity contribution in [3.05, 3.63) is 39.3 Å². The van der Waals surface area contributed by atoms with Gasteiger partial charge >= 0.3 is 5.97 Å². The second-order valence-corrected chi connectivity index (χ2v) is 5.38. The van der Waals surface area contributed by atoms with Crippen LogP contribution in [0.2, 0.25) is 5.02 Å². The van der Waals surface area contributed by atoms with Crippen LogP contribution in [0, 0.1) is 0 Å². The second-order valence-electron chi connectivity index (χ2n) is 4.00. The Morgan fingerprint density at radius 3 is 2.86 bits per heavy atom. The fourth-order valence-corrected chi connectivity index (χ4v) is 2.54. The molecule has 1 heterocycles. The van der Waals surface area contributed by atoms with Gasteiger partial charge in [0.1, 0.15) is 10.8 Å². The molecule has 0 spiro atoms. The molecule has 6 nitrogen and oxygen atoms in total. The number of carboxylic acids is 1. The number of hydrogen-bond acceptors (Lipinski definition) is 5. The van der Waals surface area contributed by atoms with Gasteiger partial charge in [-0.2, -0.15) is 0 Å². The number of thiazole rings is 1. The summed E-state index contributed by atoms with van der Waals surface area (Å²) in [4.78, 5) is 26.5. The maximum atomic E-state index is 11.9. The van der Waals surface area contributed by atoms with Crippen LogP contribution >= 0.6 is 22.9 Å². The van der Waals surface area contributed by atoms with Crippen LogP contribution in [0.1, 0.15) is 15.5 Å². The van der Waals surface area contributed by atoms with E-state index in [9.17, 15) is 9.59 Å². The summed E-state index contributed by atoms with van der Waals surface area (Å²) >= 11 is 6.99. The lowest BCUT2D eigenvalue weighted by Crippen LogP contribution is -2.15. The Hall–Kier alpha value is -2.12. The van der Waals surface area contributed by atoms with Gasteiger partial charge in [0.15, 0.2) is 5.69 Å². The highest BCUT2D eigenvalue weighted by Gasteiger charge is 2.13. The number of ether oxygens (including phenoxy) is 1. The van der Waals surface area contributed by atoms with Crippen LogP contribution in [-0.4, -0.2) is 29.1 Å². The van der Waals surface area contributed by atoms with E-state index >= 15 is 0 Å². The molecule has 0 saturated heterocycles. The van der Waals surface area contributed by atoms with E-state index in [4.69, 9.17) is 21.4 Å². The number of nitrogens with zero attached hydrogens (tertiary/aromatic N) is 1. The van der Waals surface area contributed by atoms with E-state index in [2.05, 4.69) is 10.3 Å². The standard InChI is InChI=1S/C13H11ClN2O4S/c1-20-10-3-2-7(14)4-8(10)15-11(17)5-12-16-9(6-21-12)13(18)19/h2-4,6H,5H2,1H3,(H,15,17)(H,18,19). The molecule has 1 aromatic heterocycles. The summed E-state index contributed by atoms with van der Waals surface area (Å²) in [7, 11) is 1.48. The first-order valence-electron chi connectivity index (χ1n) is 5.80. The zero-order chi connectivity index (χ0) is 15.4. The average molecular weight is 327 g/mol. The second kappa shape index (κ2) is 6.55. The number of nitrogens with one attached hydrogen (secondary N) is 1. The van der Waals surface area contributed by atoms with Crippen LogP contribution < -0.4 is 10.1 Å². The highest BCUT2D eigenvalue weighted by atomic mass is 35.5. The van der Waals surface area contributed by atoms with Gasteiger partial charge in [0.05, 0.1) is 19.2 Å². The maximum absolute atomic E-state index is 11.9. The Bertz CT molecular complexity index is 687. The largest absolute Gasteiger partial charge is 0.495 e. The van der Waals surface area contributed by atoms with Gasteiger partial charge in [-0.3, -0.25) is 4.79 Å². The third-order valence-electron chi connectivity index (χ3n) is 2.52. The summed E-state index contributed by atoms with van der Waals surface area (Å²) in [5.74, 6) is -0.964. The average Bonchev–Trinajstić information content (AvgIpc) is 2.87. The third-order valence-corrected chi connectivity index (χ3v) is 3.60. The summed E-state index contributed by atoms with van der Waals surface area (Å²) < 4.78 is 5.12. The van der Waals surface area contributed by atoms with Crippen molar-refractivity contribution in [2.24, 2.45) is 0 Å². The van der Waals surface area contributed by atoms with Crippen molar-refractivity contribution in [1.29, 1.82) is 0 Å². The first-order valence-corrected chi connectivity index (χ1v) is 7.06. The van der Waals surface area contributed by atoms with Gasteiger partial charge in [-0.15, -0.1) is 11.3 Å². The number of rotatable bonds is 5. The third kappa shape index (κ3) is 3.93. The smallest absolute Gasteiger partial charge is 0.355 e. The van der Waals surface area contributed by atoms with Crippen LogP contribution in [0.25, 0.3) is 0 Å². The number of benzene rings is 1. The molecule has 0 aliphatic heterocycles. The number of hydrogen-bond donors (Lipinski definition) is 2. The molecule has 0 unspecified atom stereocenters. The van der Waals surface area contributed by atoms with Gasteiger partial charge < -0.3 is 15.2 Å². The molecule has 2 aromatic rings. The van der Waals surface area contributed by atoms with Gasteiger partial charge in [0.2, 0.25) is 5.91 Å². The number of carbonyl (C=O) groups excluding carboxylic acids is 1. The van der Waals surface area contributed by atoms with Gasteiger partial charge in [-0.05, 0) is 18.2 Å². The van der Waals surface area contributed by atoms with E-state index in [1.807, 2.05) is 0 Å². The fourth-order valence-electron chi connectivity index (χ4n) is 1.60. The van der Waals surface area contributed by atoms with E-state index < -0.39 is 5.97 Å². The lowest BCUT2D eigenvalue weighted by molar-refractivity contribution is -0.115. The summed E-state index contributed by atoms with van der Waals surface area (Å²) in [6, 6.07) is 4.86. The minimum absolute atomic E-state index is 0.0202. The zero-order valence-corrected chi connectivity index (χ0v) is 12.5. The summed E-state index contributed by atoms with van der Waals surface area (Å²) in [5, 5.41) is 13.7. The fraction of sp³-hybridized carbons (Fsp3) is 0.154. The van der Waals surface area contributed by atoms with Crippen molar-refractivity contribution in [3.8, 4) is 5.75 Å². The van der Waals surface area contributed by atoms with Crippen LogP contribution in [0.4, 0.5) is 5.69 Å². The SMILES string of the molecule is COc1ccc(Cl)cc1NC(=O)Cc1nc(C(=O)O)cs1. The Morgan fingerprint density at radius 1 is 1.48 bits per heavy atom. The van der Waals surface area contributed by atoms with Crippen molar-refractivity contribution in [2.45, 2.75) is 6.42 Å². The number of carbonyl (C=O) groups is 2. The van der Waals surface area contributed by atoms with Gasteiger partial charge in [0, 0.05) is 10.4 Å². The van der Waals surface area contributed by atoms with E-state index in [0.29, 0.717) is 21.5 Å². The number of anilines is 1. The van der Waals surface area contributed by atoms with E-state index in [1.54, 1.807) is 18.2 Å². The minimum atomic E-state index is -1.12. The quantitative estimate of drug-likeness (QED) is 0.881. The van der Waals surface area contributed by atoms with E-state index in [0.717, 1.165) is 11.3 Å². The van der Waals surface area contributed by atoms with E-state index in [1.165, 1.54) is 12.5 Å². The number of carboxylic acid groups (broad SMARTS) is 1. The first kappa shape index (κ1) is 15.3. The number of halogens is 1. The predicted octanol–water partition coefficient (Wildman–Crippen LogP) is 2.68. The van der Waals surface area contributed by atoms with Crippen LogP contribution in [0.15, 0.2) is 23.6 Å². The highest BCUT2D eigenvalue weighted by molar-refractivity contribution is 7.09. The maximum Gasteiger partial charge on any atom is 0.355 e. The summed E-state index contributed by atoms with van der Waals surface area (Å²) in [6.45, 7) is 0. The topological polar surface area (TPSA) is 88.5 Å². The van der Waals surface area contributed by atoms with Crippen LogP contribution in [0.5, 0.6) is 5.75 Å². The molecule has 0 aliphatic carbocycles. The Morgan fingerprint density at radius 2 is 2.24 bits per heavy atom. The molecular formula is C13H11ClN2O4S. The number of methoxy groups -OCH3 is 1. The molecular weight excluding hydrogens is 316 g/mol. The highest BCUT2D eigenvalue weighted by Crippen LogP contribution is 2.27. The van der Waals surface area contributed by atoms with Crippen molar-refractivity contribution < 1.29 is 19.4 Å². The molecule has 0 bridgehead atoms. The Labute approximate surface area is 129 Å². The van der Waals surface area contributed by atoms with Gasteiger partial charge in [-0.25, -0.2) is 9.78 Å². The predicted molar refractivity (Wildman–Crippen MR) is 79.4 cm³/mol. The molecule has 0 saturated carbocycles. The van der Waals surface area contributed by atoms with Crippen molar-refractivity contribution in [3.63, 3.8) is 0 Å². The lowest BCUT2D eigenvalue weighted by atomic mass is 10.2. The molecule has 0 radical (unpaired) electrons. The van der Waals surface area contributed by atoms with Gasteiger partial charge in [0.25, 0.3) is 0 Å². The molecule has 0 aliphatic rings. The monoisotopic (exact) mass is 326 g/mol. The summed E-state index contributed by atoms with van der Waals surface area (Å²) in [6.07, 6.45) is -0.0202. The molecule has 1 aromatic carbocycles. The summed E-state index contributed by atoms with van der Waals surface area (Å²) in [5.41, 5.74) is 0.383. The van der Waals surface area contributed by atoms with Gasteiger partial charge in [-0.1, -0.05) is 11.6 Å². The molecule has 110 valence electrons. The Kier molecular flexibility index (Phi) is 4.77. The number of aromatic nitrogens is 1. The molecule has 0 atom stereocenters. The first-order chi connectivity index (χ1) is 9.99. The lowest BCUT2D eigenvalue weighted by Gasteiger charge is -2.09. The minimum Gasteiger partial charge on any atom is -0.495 e. The zero-order valence-electron chi connectivity index (χ0n) is 10.9. The van der Waals surface area contributed by atoms with Crippen molar-refractivity contribution in [2.75, 3.05) is 12.4 Å². The molecule has 2 N–H and O–H groups in total.